The van der Waals surface area contributed by atoms with Crippen LogP contribution in [0, 0.1) is 17.5 Å². The highest BCUT2D eigenvalue weighted by atomic mass is 19.2. The van der Waals surface area contributed by atoms with E-state index in [2.05, 4.69) is 6.58 Å². The zero-order valence-electron chi connectivity index (χ0n) is 7.40. The minimum Gasteiger partial charge on any atom is -0.289 e. The summed E-state index contributed by atoms with van der Waals surface area (Å²) in [6.45, 7) is 4.66. The molecular weight excluding hydrogens is 193 g/mol. The number of hydrogen-bond donors (Lipinski definition) is 0. The fourth-order valence-corrected chi connectivity index (χ4v) is 0.926. The number of ketones is 1. The summed E-state index contributed by atoms with van der Waals surface area (Å²) in [7, 11) is 0. The van der Waals surface area contributed by atoms with Crippen molar-refractivity contribution >= 4 is 5.78 Å². The van der Waals surface area contributed by atoms with Crippen molar-refractivity contribution in [1.29, 1.82) is 0 Å². The fourth-order valence-electron chi connectivity index (χ4n) is 0.926. The Bertz CT molecular complexity index is 410. The molecule has 0 heterocycles. The molecule has 0 unspecified atom stereocenters. The van der Waals surface area contributed by atoms with Crippen molar-refractivity contribution in [2.75, 3.05) is 0 Å². The monoisotopic (exact) mass is 200 g/mol. The van der Waals surface area contributed by atoms with Crippen LogP contribution in [-0.4, -0.2) is 5.78 Å². The van der Waals surface area contributed by atoms with Crippen LogP contribution < -0.4 is 0 Å². The molecule has 1 nitrogen and oxygen atoms in total. The smallest absolute Gasteiger partial charge is 0.191 e. The van der Waals surface area contributed by atoms with Crippen molar-refractivity contribution in [3.8, 4) is 0 Å². The van der Waals surface area contributed by atoms with E-state index in [-0.39, 0.29) is 5.57 Å². The maximum atomic E-state index is 13.0. The third-order valence-corrected chi connectivity index (χ3v) is 1.64. The Kier molecular flexibility index (Phi) is 2.74. The molecule has 0 N–H and O–H groups in total. The largest absolute Gasteiger partial charge is 0.289 e. The lowest BCUT2D eigenvalue weighted by Crippen LogP contribution is -2.05. The summed E-state index contributed by atoms with van der Waals surface area (Å²) < 4.78 is 38.1. The van der Waals surface area contributed by atoms with Gasteiger partial charge in [0, 0.05) is 6.07 Å². The maximum Gasteiger partial charge on any atom is 0.191 e. The fraction of sp³-hybridized carbons (Fsp3) is 0.100. The lowest BCUT2D eigenvalue weighted by Gasteiger charge is -2.02. The number of benzene rings is 1. The average Bonchev–Trinajstić information content (AvgIpc) is 2.10. The van der Waals surface area contributed by atoms with E-state index in [1.54, 1.807) is 0 Å². The first-order chi connectivity index (χ1) is 6.43. The van der Waals surface area contributed by atoms with Gasteiger partial charge in [0.2, 0.25) is 0 Å². The minimum absolute atomic E-state index is 0.0647. The Morgan fingerprint density at radius 2 is 1.64 bits per heavy atom. The standard InChI is InChI=1S/C10H7F3O/c1-5(2)10(14)6-3-8(12)9(13)4-7(6)11/h3-4H,1H2,2H3. The van der Waals surface area contributed by atoms with Crippen molar-refractivity contribution in [2.45, 2.75) is 6.92 Å². The second kappa shape index (κ2) is 3.65. The Morgan fingerprint density at radius 3 is 2.14 bits per heavy atom. The minimum atomic E-state index is -1.32. The second-order valence-corrected chi connectivity index (χ2v) is 2.86. The van der Waals surface area contributed by atoms with Gasteiger partial charge in [-0.25, -0.2) is 13.2 Å². The highest BCUT2D eigenvalue weighted by Gasteiger charge is 2.16. The molecule has 0 atom stereocenters. The van der Waals surface area contributed by atoms with Crippen molar-refractivity contribution in [3.63, 3.8) is 0 Å². The molecule has 0 aliphatic carbocycles. The normalized spacial score (nSPS) is 10.0. The molecule has 14 heavy (non-hydrogen) atoms. The van der Waals surface area contributed by atoms with E-state index in [9.17, 15) is 18.0 Å². The van der Waals surface area contributed by atoms with Gasteiger partial charge in [-0.3, -0.25) is 4.79 Å². The maximum absolute atomic E-state index is 13.0. The molecule has 0 radical (unpaired) electrons. The molecule has 0 fully saturated rings. The molecule has 0 saturated carbocycles. The zero-order chi connectivity index (χ0) is 10.9. The van der Waals surface area contributed by atoms with Crippen molar-refractivity contribution in [1.82, 2.24) is 0 Å². The molecule has 4 heteroatoms. The van der Waals surface area contributed by atoms with E-state index in [0.29, 0.717) is 12.1 Å². The summed E-state index contributed by atoms with van der Waals surface area (Å²) in [4.78, 5) is 11.2. The van der Waals surface area contributed by atoms with Crippen LogP contribution in [0.4, 0.5) is 13.2 Å². The van der Waals surface area contributed by atoms with Gasteiger partial charge in [-0.05, 0) is 18.6 Å². The summed E-state index contributed by atoms with van der Waals surface area (Å²) in [5.41, 5.74) is -0.439. The molecule has 0 saturated heterocycles. The van der Waals surface area contributed by atoms with Crippen LogP contribution in [0.25, 0.3) is 0 Å². The third kappa shape index (κ3) is 1.84. The predicted octanol–water partition coefficient (Wildman–Crippen LogP) is 2.86. The van der Waals surface area contributed by atoms with E-state index in [1.165, 1.54) is 6.92 Å². The lowest BCUT2D eigenvalue weighted by atomic mass is 10.1. The SMILES string of the molecule is C=C(C)C(=O)c1cc(F)c(F)cc1F. The molecule has 1 aromatic rings. The van der Waals surface area contributed by atoms with Crippen molar-refractivity contribution in [2.24, 2.45) is 0 Å². The van der Waals surface area contributed by atoms with Crippen LogP contribution in [0.15, 0.2) is 24.3 Å². The number of hydrogen-bond acceptors (Lipinski definition) is 1. The highest BCUT2D eigenvalue weighted by Crippen LogP contribution is 2.16. The van der Waals surface area contributed by atoms with Gasteiger partial charge in [0.1, 0.15) is 5.82 Å². The zero-order valence-corrected chi connectivity index (χ0v) is 7.40. The molecule has 1 rings (SSSR count). The van der Waals surface area contributed by atoms with E-state index < -0.39 is 28.8 Å². The van der Waals surface area contributed by atoms with Gasteiger partial charge >= 0.3 is 0 Å². The summed E-state index contributed by atoms with van der Waals surface area (Å²) >= 11 is 0. The van der Waals surface area contributed by atoms with Crippen LogP contribution >= 0.6 is 0 Å². The number of allylic oxidation sites excluding steroid dienone is 1. The van der Waals surface area contributed by atoms with Gasteiger partial charge in [0.25, 0.3) is 0 Å². The number of carbonyl (C=O) groups excluding carboxylic acids is 1. The molecule has 0 aliphatic heterocycles. The Balaban J connectivity index is 3.29. The summed E-state index contributed by atoms with van der Waals surface area (Å²) in [6, 6.07) is 0.868. The van der Waals surface area contributed by atoms with Crippen LogP contribution in [0.3, 0.4) is 0 Å². The van der Waals surface area contributed by atoms with E-state index in [1.807, 2.05) is 0 Å². The summed E-state index contributed by atoms with van der Waals surface area (Å²) in [5, 5.41) is 0. The third-order valence-electron chi connectivity index (χ3n) is 1.64. The Labute approximate surface area is 78.9 Å². The number of rotatable bonds is 2. The lowest BCUT2D eigenvalue weighted by molar-refractivity contribution is 0.103. The molecular formula is C10H7F3O. The van der Waals surface area contributed by atoms with Gasteiger partial charge in [0.15, 0.2) is 17.4 Å². The molecule has 0 aliphatic rings. The molecule has 0 bridgehead atoms. The number of Topliss-reactive ketones (excluding diaryl/α,β-unsaturated/α-hetero) is 1. The number of halogens is 3. The van der Waals surface area contributed by atoms with Crippen LogP contribution in [0.5, 0.6) is 0 Å². The predicted molar refractivity (Wildman–Crippen MR) is 45.5 cm³/mol. The summed E-state index contributed by atoms with van der Waals surface area (Å²) in [5.74, 6) is -4.39. The van der Waals surface area contributed by atoms with E-state index in [0.717, 1.165) is 0 Å². The molecule has 0 aromatic heterocycles. The Hall–Kier alpha value is -1.58. The highest BCUT2D eigenvalue weighted by molar-refractivity contribution is 6.08. The van der Waals surface area contributed by atoms with E-state index >= 15 is 0 Å². The molecule has 1 aromatic carbocycles. The van der Waals surface area contributed by atoms with Crippen LogP contribution in [0.1, 0.15) is 17.3 Å². The number of carbonyl (C=O) groups is 1. The van der Waals surface area contributed by atoms with Gasteiger partial charge in [-0.15, -0.1) is 0 Å². The summed E-state index contributed by atoms with van der Waals surface area (Å²) in [6.07, 6.45) is 0. The van der Waals surface area contributed by atoms with Crippen LogP contribution in [-0.2, 0) is 0 Å². The van der Waals surface area contributed by atoms with Gasteiger partial charge in [-0.1, -0.05) is 6.58 Å². The van der Waals surface area contributed by atoms with Gasteiger partial charge < -0.3 is 0 Å². The first kappa shape index (κ1) is 10.5. The topological polar surface area (TPSA) is 17.1 Å². The van der Waals surface area contributed by atoms with Gasteiger partial charge in [-0.2, -0.15) is 0 Å². The van der Waals surface area contributed by atoms with Crippen molar-refractivity contribution in [3.05, 3.63) is 47.3 Å². The average molecular weight is 200 g/mol. The second-order valence-electron chi connectivity index (χ2n) is 2.86. The van der Waals surface area contributed by atoms with Crippen molar-refractivity contribution < 1.29 is 18.0 Å². The first-order valence-corrected chi connectivity index (χ1v) is 3.78. The molecule has 0 spiro atoms. The van der Waals surface area contributed by atoms with Gasteiger partial charge in [0.05, 0.1) is 5.56 Å². The molecule has 0 amide bonds. The molecule has 74 valence electrons. The van der Waals surface area contributed by atoms with Crippen LogP contribution in [0.2, 0.25) is 0 Å². The van der Waals surface area contributed by atoms with E-state index in [4.69, 9.17) is 0 Å². The Morgan fingerprint density at radius 1 is 1.14 bits per heavy atom. The quantitative estimate of drug-likeness (QED) is 0.407. The first-order valence-electron chi connectivity index (χ1n) is 3.78.